The molecular formula is C95H105Cl2N17O6Sn. The second-order valence-corrected chi connectivity index (χ2v) is 43.1. The van der Waals surface area contributed by atoms with E-state index in [2.05, 4.69) is 78.1 Å². The van der Waals surface area contributed by atoms with E-state index in [9.17, 15) is 14.4 Å². The SMILES string of the molecule is C.CCC[CH2][Sn]([CH2]CCC)([CH2]CCC)[c]1cnc(C)c(OC)c1.COc1cc(-c2cccc3cc([C@H](C)N)n(-c4ccccc4)c(=O)c23)cnc1C.C[C@H](N)c1cc2cccc(Cl)c2c(=O)n1-c1ccccc1.N#Cc1cnc(N)nc1Cl.[C-]#[N+]c1cnc(N)nc1N[C@@H](C)c1cc2cccc(-c3cnc(C)c(OC)c3)c2c(=O)n1-c1ccccc1. The predicted octanol–water partition coefficient (Wildman–Crippen LogP) is 20.2. The van der Waals surface area contributed by atoms with Gasteiger partial charge < -0.3 is 37.7 Å². The molecule has 0 aliphatic carbocycles. The van der Waals surface area contributed by atoms with E-state index >= 15 is 0 Å². The zero-order chi connectivity index (χ0) is 86.3. The van der Waals surface area contributed by atoms with Crippen molar-refractivity contribution in [3.63, 3.8) is 0 Å². The number of para-hydroxylation sites is 3. The molecule has 8 aromatic heterocycles. The van der Waals surface area contributed by atoms with E-state index in [0.29, 0.717) is 49.9 Å². The van der Waals surface area contributed by atoms with Gasteiger partial charge in [-0.1, -0.05) is 134 Å². The van der Waals surface area contributed by atoms with Crippen molar-refractivity contribution in [2.75, 3.05) is 38.1 Å². The van der Waals surface area contributed by atoms with Gasteiger partial charge in [-0.15, -0.1) is 0 Å². The molecule has 0 aliphatic rings. The Balaban J connectivity index is 0.000000180. The number of nitrogens with zero attached hydrogens (tertiary/aromatic N) is 12. The third kappa shape index (κ3) is 22.0. The fourth-order valence-corrected chi connectivity index (χ4v) is 30.6. The van der Waals surface area contributed by atoms with Crippen molar-refractivity contribution in [1.29, 1.82) is 5.26 Å². The molecule has 121 heavy (non-hydrogen) atoms. The minimum atomic E-state index is -2.34. The second kappa shape index (κ2) is 43.6. The number of anilines is 3. The van der Waals surface area contributed by atoms with Gasteiger partial charge in [0, 0.05) is 75.9 Å². The number of aromatic nitrogens is 10. The number of halogens is 2. The number of benzene rings is 6. The van der Waals surface area contributed by atoms with Crippen LogP contribution in [0.1, 0.15) is 145 Å². The number of nitrogen functional groups attached to an aromatic ring is 2. The van der Waals surface area contributed by atoms with Crippen molar-refractivity contribution in [1.82, 2.24) is 48.6 Å². The summed E-state index contributed by atoms with van der Waals surface area (Å²) in [4.78, 5) is 73.2. The van der Waals surface area contributed by atoms with Crippen molar-refractivity contribution in [2.45, 2.75) is 140 Å². The van der Waals surface area contributed by atoms with E-state index in [4.69, 9.17) is 72.2 Å². The number of nitrogens with two attached hydrogens (primary N) is 4. The standard InChI is InChI=1S/C29H25N7O2.C24H23N3O2.C17H15ClN2O.C7H8NO.C5H3ClN4.3C4H9.CH4.Sn/c1-17(34-27-23(31-3)16-33-29(30)35-27)24-13-19-9-8-12-22(20-14-25(38-4)18(2)32-15-20)26(19)28(37)36(24)21-10-6-5-7-11-21;1-15(25)21-12-17-8-7-11-20(18-13-22(29-3)16(2)26-14-18)23(17)24(28)27(21)19-9-5-4-6-10-19;1-11(19)15-10-12-6-5-9-14(18)16(12)17(21)20(15)13-7-3-2-4-8-13;1-6-7(9-2)4-3-5-8-6;6-4-3(1-7)2-9-5(8)10-4;3*1-3-4-2;;/h5-17H,1-2,4H3,(H3,30,33,34,35);4-15H,25H2,1-3H3;2-11H,19H2,1H3;4-5H,1-2H3;2H,(H2,8,9,10);3*1,3-4H2,2H3;1H4;/t17-;15-;11-;;;;;;;/m000......./s1. The Hall–Kier alpha value is -12.4. The molecule has 0 saturated heterocycles. The number of pyridine rings is 6. The molecule has 26 heteroatoms. The summed E-state index contributed by atoms with van der Waals surface area (Å²) in [6, 6.07) is 58.4. The molecular weight excluding hydrogens is 1660 g/mol. The van der Waals surface area contributed by atoms with Gasteiger partial charge in [0.05, 0.1) is 65.6 Å². The molecule has 14 rings (SSSR count). The maximum Gasteiger partial charge on any atom is 0.264 e. The summed E-state index contributed by atoms with van der Waals surface area (Å²) in [6.45, 7) is 25.9. The zero-order valence-corrected chi connectivity index (χ0v) is 74.1. The van der Waals surface area contributed by atoms with E-state index in [1.165, 1.54) is 64.2 Å². The zero-order valence-electron chi connectivity index (χ0n) is 69.7. The number of rotatable bonds is 23. The van der Waals surface area contributed by atoms with Gasteiger partial charge in [-0.05, 0) is 135 Å². The Bertz CT molecular complexity index is 6180. The number of hydrogen-bond acceptors (Lipinski definition) is 19. The van der Waals surface area contributed by atoms with Gasteiger partial charge in [0.1, 0.15) is 28.9 Å². The number of nitrogens with one attached hydrogen (secondary N) is 1. The fourth-order valence-electron chi connectivity index (χ4n) is 14.5. The van der Waals surface area contributed by atoms with Crippen LogP contribution in [0.5, 0.6) is 17.2 Å². The van der Waals surface area contributed by atoms with Crippen LogP contribution in [0.3, 0.4) is 0 Å². The number of unbranched alkanes of at least 4 members (excludes halogenated alkanes) is 3. The summed E-state index contributed by atoms with van der Waals surface area (Å²) in [6.07, 6.45) is 16.5. The third-order valence-electron chi connectivity index (χ3n) is 20.8. The second-order valence-electron chi connectivity index (χ2n) is 29.1. The van der Waals surface area contributed by atoms with Crippen molar-refractivity contribution in [3.8, 4) is 62.6 Å². The summed E-state index contributed by atoms with van der Waals surface area (Å²) in [5.41, 5.74) is 33.6. The molecule has 0 fully saturated rings. The average Bonchev–Trinajstić information content (AvgIpc) is 0.761. The topological polar surface area (TPSA) is 328 Å². The number of hydrogen-bond donors (Lipinski definition) is 5. The summed E-state index contributed by atoms with van der Waals surface area (Å²) in [5, 5.41) is 16.3. The molecule has 23 nitrogen and oxygen atoms in total. The molecule has 624 valence electrons. The average molecular weight is 1770 g/mol. The Morgan fingerprint density at radius 1 is 0.504 bits per heavy atom. The van der Waals surface area contributed by atoms with Gasteiger partial charge >= 0.3 is 142 Å². The van der Waals surface area contributed by atoms with Crippen LogP contribution >= 0.6 is 23.2 Å². The fraction of sp³-hybridized carbons (Fsp3) is 0.263. The van der Waals surface area contributed by atoms with Crippen LogP contribution in [0, 0.1) is 38.7 Å². The summed E-state index contributed by atoms with van der Waals surface area (Å²) >= 11 is 9.35. The molecule has 9 N–H and O–H groups in total. The molecule has 0 aliphatic heterocycles. The smallest absolute Gasteiger partial charge is 0.264 e. The van der Waals surface area contributed by atoms with Gasteiger partial charge in [-0.25, -0.2) is 19.8 Å². The number of ether oxygens (including phenoxy) is 3. The first-order valence-electron chi connectivity index (χ1n) is 39.7. The number of aryl methyl sites for hydroxylation is 3. The van der Waals surface area contributed by atoms with Crippen LogP contribution in [0.25, 0.3) is 76.5 Å². The number of methoxy groups -OCH3 is 3. The van der Waals surface area contributed by atoms with Crippen LogP contribution in [0.4, 0.5) is 23.4 Å². The van der Waals surface area contributed by atoms with E-state index < -0.39 is 24.4 Å². The third-order valence-corrected chi connectivity index (χ3v) is 36.9. The minimum absolute atomic E-state index is 0. The maximum absolute atomic E-state index is 14.3. The maximum atomic E-state index is 14.3. The Morgan fingerprint density at radius 2 is 0.893 bits per heavy atom. The predicted molar refractivity (Wildman–Crippen MR) is 496 cm³/mol. The molecule has 0 saturated carbocycles. The molecule has 0 amide bonds. The van der Waals surface area contributed by atoms with Crippen LogP contribution in [-0.4, -0.2) is 88.3 Å². The van der Waals surface area contributed by atoms with Gasteiger partial charge in [0.15, 0.2) is 5.15 Å². The van der Waals surface area contributed by atoms with Crippen molar-refractivity contribution < 1.29 is 14.2 Å². The molecule has 0 radical (unpaired) electrons. The molecule has 8 heterocycles. The Labute approximate surface area is 721 Å². The normalized spacial score (nSPS) is 11.6. The van der Waals surface area contributed by atoms with Crippen LogP contribution in [0.2, 0.25) is 23.5 Å². The summed E-state index contributed by atoms with van der Waals surface area (Å²) in [7, 11) is 4.99. The molecule has 0 spiro atoms. The quantitative estimate of drug-likeness (QED) is 0.0226. The van der Waals surface area contributed by atoms with Crippen molar-refractivity contribution >= 4 is 101 Å². The van der Waals surface area contributed by atoms with Crippen LogP contribution < -0.4 is 62.7 Å². The monoisotopic (exact) mass is 1770 g/mol. The van der Waals surface area contributed by atoms with Crippen molar-refractivity contribution in [2.24, 2.45) is 11.5 Å². The van der Waals surface area contributed by atoms with Gasteiger partial charge in [-0.2, -0.15) is 10.2 Å². The summed E-state index contributed by atoms with van der Waals surface area (Å²) < 4.78 is 27.6. The minimum Gasteiger partial charge on any atom is -0.495 e. The van der Waals surface area contributed by atoms with Crippen molar-refractivity contribution in [3.05, 3.63) is 305 Å². The van der Waals surface area contributed by atoms with Gasteiger partial charge in [0.25, 0.3) is 16.7 Å². The largest absolute Gasteiger partial charge is 0.495 e. The van der Waals surface area contributed by atoms with E-state index in [1.807, 2.05) is 217 Å². The molecule has 0 unspecified atom stereocenters. The first-order valence-corrected chi connectivity index (χ1v) is 48.0. The first-order chi connectivity index (χ1) is 57.9. The van der Waals surface area contributed by atoms with Gasteiger partial charge in [-0.3, -0.25) is 38.1 Å². The van der Waals surface area contributed by atoms with E-state index in [0.717, 1.165) is 84.0 Å². The van der Waals surface area contributed by atoms with E-state index in [1.54, 1.807) is 57.1 Å². The molecule has 6 aromatic carbocycles. The number of nitriles is 1. The molecule has 3 atom stereocenters. The molecule has 14 aromatic rings. The van der Waals surface area contributed by atoms with Crippen LogP contribution in [-0.2, 0) is 0 Å². The van der Waals surface area contributed by atoms with E-state index in [-0.39, 0.29) is 64.5 Å². The molecule has 0 bridgehead atoms. The Morgan fingerprint density at radius 3 is 1.31 bits per heavy atom. The first kappa shape index (κ1) is 92.5. The number of fused-ring (bicyclic) bond motifs is 3. The van der Waals surface area contributed by atoms with Gasteiger partial charge in [0.2, 0.25) is 17.6 Å². The Kier molecular flexibility index (Phi) is 33.3. The van der Waals surface area contributed by atoms with Crippen LogP contribution in [0.15, 0.2) is 227 Å². The summed E-state index contributed by atoms with van der Waals surface area (Å²) in [5.74, 6) is 2.76.